The van der Waals surface area contributed by atoms with E-state index >= 15 is 0 Å². The van der Waals surface area contributed by atoms with Crippen LogP contribution in [-0.2, 0) is 9.53 Å². The van der Waals surface area contributed by atoms with Crippen LogP contribution in [0.1, 0.15) is 39.5 Å². The van der Waals surface area contributed by atoms with Gasteiger partial charge >= 0.3 is 0 Å². The molecule has 1 heterocycles. The lowest BCUT2D eigenvalue weighted by atomic mass is 9.89. The lowest BCUT2D eigenvalue weighted by Crippen LogP contribution is -2.35. The molecule has 0 aromatic carbocycles. The van der Waals surface area contributed by atoms with Crippen LogP contribution in [0.4, 0.5) is 0 Å². The zero-order valence-electron chi connectivity index (χ0n) is 12.1. The van der Waals surface area contributed by atoms with Crippen LogP contribution in [0.5, 0.6) is 0 Å². The Morgan fingerprint density at radius 3 is 2.44 bits per heavy atom. The van der Waals surface area contributed by atoms with E-state index in [-0.39, 0.29) is 11.3 Å². The van der Waals surface area contributed by atoms with Crippen LogP contribution in [-0.4, -0.2) is 44.0 Å². The lowest BCUT2D eigenvalue weighted by Gasteiger charge is -2.28. The van der Waals surface area contributed by atoms with Gasteiger partial charge in [0.05, 0.1) is 0 Å². The van der Waals surface area contributed by atoms with E-state index in [0.717, 1.165) is 45.1 Å². The Morgan fingerprint density at radius 2 is 1.89 bits per heavy atom. The van der Waals surface area contributed by atoms with Crippen LogP contribution in [0.15, 0.2) is 0 Å². The standard InChI is InChI=1S/C15H27NO2/c1-15(2)7-4-13(14(15)17)11-16(3)10-12-5-8-18-9-6-12/h12-13H,4-11H2,1-3H3. The molecule has 3 nitrogen and oxygen atoms in total. The van der Waals surface area contributed by atoms with Gasteiger partial charge in [-0.2, -0.15) is 0 Å². The van der Waals surface area contributed by atoms with Gasteiger partial charge in [-0.1, -0.05) is 13.8 Å². The second-order valence-corrected chi connectivity index (χ2v) is 6.76. The second kappa shape index (κ2) is 5.70. The zero-order chi connectivity index (χ0) is 13.2. The van der Waals surface area contributed by atoms with Crippen molar-refractivity contribution < 1.29 is 9.53 Å². The van der Waals surface area contributed by atoms with Crippen molar-refractivity contribution in [3.05, 3.63) is 0 Å². The van der Waals surface area contributed by atoms with E-state index in [1.165, 1.54) is 12.8 Å². The Bertz CT molecular complexity index is 295. The normalized spacial score (nSPS) is 29.1. The van der Waals surface area contributed by atoms with Crippen LogP contribution in [0.3, 0.4) is 0 Å². The first-order valence-corrected chi connectivity index (χ1v) is 7.29. The highest BCUT2D eigenvalue weighted by Gasteiger charge is 2.40. The molecule has 2 aliphatic rings. The van der Waals surface area contributed by atoms with Crippen LogP contribution in [0, 0.1) is 17.3 Å². The van der Waals surface area contributed by atoms with E-state index in [4.69, 9.17) is 4.74 Å². The summed E-state index contributed by atoms with van der Waals surface area (Å²) in [5.74, 6) is 1.50. The Kier molecular flexibility index (Phi) is 4.44. The molecule has 0 amide bonds. The zero-order valence-corrected chi connectivity index (χ0v) is 12.1. The highest BCUT2D eigenvalue weighted by atomic mass is 16.5. The molecule has 0 aromatic rings. The van der Waals surface area contributed by atoms with Gasteiger partial charge in [0, 0.05) is 37.6 Å². The molecular formula is C15H27NO2. The monoisotopic (exact) mass is 253 g/mol. The maximum Gasteiger partial charge on any atom is 0.142 e. The van der Waals surface area contributed by atoms with Gasteiger partial charge in [0.1, 0.15) is 5.78 Å². The summed E-state index contributed by atoms with van der Waals surface area (Å²) in [4.78, 5) is 14.6. The van der Waals surface area contributed by atoms with Crippen molar-refractivity contribution in [3.8, 4) is 0 Å². The third-order valence-electron chi connectivity index (χ3n) is 4.60. The minimum absolute atomic E-state index is 0.0792. The first-order valence-electron chi connectivity index (χ1n) is 7.29. The molecule has 18 heavy (non-hydrogen) atoms. The average molecular weight is 253 g/mol. The summed E-state index contributed by atoms with van der Waals surface area (Å²) in [6.07, 6.45) is 4.48. The van der Waals surface area contributed by atoms with Crippen LogP contribution < -0.4 is 0 Å². The number of rotatable bonds is 4. The summed E-state index contributed by atoms with van der Waals surface area (Å²) in [6, 6.07) is 0. The highest BCUT2D eigenvalue weighted by molar-refractivity contribution is 5.88. The number of ether oxygens (including phenoxy) is 1. The van der Waals surface area contributed by atoms with Gasteiger partial charge in [0.25, 0.3) is 0 Å². The van der Waals surface area contributed by atoms with E-state index < -0.39 is 0 Å². The fraction of sp³-hybridized carbons (Fsp3) is 0.933. The number of carbonyl (C=O) groups excluding carboxylic acids is 1. The number of ketones is 1. The summed E-state index contributed by atoms with van der Waals surface area (Å²) in [5.41, 5.74) is -0.0792. The Morgan fingerprint density at radius 1 is 1.22 bits per heavy atom. The van der Waals surface area contributed by atoms with Gasteiger partial charge in [0.2, 0.25) is 0 Å². The summed E-state index contributed by atoms with van der Waals surface area (Å²) in [7, 11) is 2.16. The predicted molar refractivity (Wildman–Crippen MR) is 72.6 cm³/mol. The predicted octanol–water partition coefficient (Wildman–Crippen LogP) is 2.35. The maximum absolute atomic E-state index is 12.2. The number of hydrogen-bond donors (Lipinski definition) is 0. The molecule has 2 fully saturated rings. The molecule has 1 aliphatic heterocycles. The molecular weight excluding hydrogens is 226 g/mol. The first-order chi connectivity index (χ1) is 8.49. The lowest BCUT2D eigenvalue weighted by molar-refractivity contribution is -0.127. The molecule has 0 bridgehead atoms. The van der Waals surface area contributed by atoms with E-state index in [2.05, 4.69) is 25.8 Å². The number of nitrogens with zero attached hydrogens (tertiary/aromatic N) is 1. The van der Waals surface area contributed by atoms with E-state index in [0.29, 0.717) is 5.78 Å². The molecule has 1 unspecified atom stereocenters. The maximum atomic E-state index is 12.2. The van der Waals surface area contributed by atoms with Crippen molar-refractivity contribution in [1.82, 2.24) is 4.90 Å². The smallest absolute Gasteiger partial charge is 0.142 e. The third-order valence-corrected chi connectivity index (χ3v) is 4.60. The minimum atomic E-state index is -0.0792. The molecule has 3 heteroatoms. The van der Waals surface area contributed by atoms with Crippen molar-refractivity contribution in [3.63, 3.8) is 0 Å². The van der Waals surface area contributed by atoms with Gasteiger partial charge in [-0.25, -0.2) is 0 Å². The molecule has 1 aliphatic carbocycles. The van der Waals surface area contributed by atoms with Crippen molar-refractivity contribution in [2.24, 2.45) is 17.3 Å². The quantitative estimate of drug-likeness (QED) is 0.770. The minimum Gasteiger partial charge on any atom is -0.381 e. The summed E-state index contributed by atoms with van der Waals surface area (Å²) in [5, 5.41) is 0. The molecule has 0 aromatic heterocycles. The Balaban J connectivity index is 1.77. The molecule has 0 spiro atoms. The molecule has 0 radical (unpaired) electrons. The second-order valence-electron chi connectivity index (χ2n) is 6.76. The number of hydrogen-bond acceptors (Lipinski definition) is 3. The largest absolute Gasteiger partial charge is 0.381 e. The van der Waals surface area contributed by atoms with Crippen molar-refractivity contribution in [2.45, 2.75) is 39.5 Å². The Hall–Kier alpha value is -0.410. The van der Waals surface area contributed by atoms with Crippen LogP contribution >= 0.6 is 0 Å². The third kappa shape index (κ3) is 3.33. The van der Waals surface area contributed by atoms with Crippen LogP contribution in [0.2, 0.25) is 0 Å². The molecule has 1 saturated heterocycles. The summed E-state index contributed by atoms with van der Waals surface area (Å²) in [6.45, 7) is 8.07. The van der Waals surface area contributed by atoms with Gasteiger partial charge in [-0.3, -0.25) is 4.79 Å². The van der Waals surface area contributed by atoms with Crippen molar-refractivity contribution in [2.75, 3.05) is 33.4 Å². The van der Waals surface area contributed by atoms with Gasteiger partial charge < -0.3 is 9.64 Å². The van der Waals surface area contributed by atoms with E-state index in [1.54, 1.807) is 0 Å². The summed E-state index contributed by atoms with van der Waals surface area (Å²) < 4.78 is 5.39. The summed E-state index contributed by atoms with van der Waals surface area (Å²) >= 11 is 0. The molecule has 0 N–H and O–H groups in total. The van der Waals surface area contributed by atoms with Gasteiger partial charge in [0.15, 0.2) is 0 Å². The van der Waals surface area contributed by atoms with Crippen molar-refractivity contribution >= 4 is 5.78 Å². The first kappa shape index (κ1) is 14.0. The molecule has 1 atom stereocenters. The van der Waals surface area contributed by atoms with Crippen LogP contribution in [0.25, 0.3) is 0 Å². The average Bonchev–Trinajstić information content (AvgIpc) is 2.57. The van der Waals surface area contributed by atoms with Crippen molar-refractivity contribution in [1.29, 1.82) is 0 Å². The topological polar surface area (TPSA) is 29.5 Å². The van der Waals surface area contributed by atoms with E-state index in [9.17, 15) is 4.79 Å². The Labute approximate surface area is 111 Å². The fourth-order valence-corrected chi connectivity index (χ4v) is 3.34. The molecule has 2 rings (SSSR count). The molecule has 1 saturated carbocycles. The number of carbonyl (C=O) groups is 1. The fourth-order valence-electron chi connectivity index (χ4n) is 3.34. The number of Topliss-reactive ketones (excluding diaryl/α,β-unsaturated/α-hetero) is 1. The SMILES string of the molecule is CN(CC1CCOCC1)CC1CCC(C)(C)C1=O. The van der Waals surface area contributed by atoms with Gasteiger partial charge in [-0.05, 0) is 38.6 Å². The molecule has 104 valence electrons. The highest BCUT2D eigenvalue weighted by Crippen LogP contribution is 2.37. The van der Waals surface area contributed by atoms with E-state index in [1.807, 2.05) is 0 Å². The van der Waals surface area contributed by atoms with Gasteiger partial charge in [-0.15, -0.1) is 0 Å².